The number of ether oxygens (including phenoxy) is 1. The second-order valence-corrected chi connectivity index (χ2v) is 8.58. The maximum atomic E-state index is 11.1. The molecule has 1 fully saturated rings. The molecule has 7 heteroatoms. The summed E-state index contributed by atoms with van der Waals surface area (Å²) < 4.78 is 16.6. The number of nitrogens with zero attached hydrogens (tertiary/aromatic N) is 2. The summed E-state index contributed by atoms with van der Waals surface area (Å²) in [4.78, 5) is 23.0. The molecule has 3 rings (SSSR count). The Bertz CT molecular complexity index is 798. The Labute approximate surface area is 160 Å². The summed E-state index contributed by atoms with van der Waals surface area (Å²) in [7, 11) is -2.32. The Balaban J connectivity index is 1.61. The molecule has 1 aliphatic heterocycles. The fourth-order valence-corrected chi connectivity index (χ4v) is 4.28. The first-order chi connectivity index (χ1) is 12.9. The first kappa shape index (κ1) is 19.9. The van der Waals surface area contributed by atoms with Crippen molar-refractivity contribution in [3.8, 4) is 5.75 Å². The van der Waals surface area contributed by atoms with Crippen molar-refractivity contribution in [2.75, 3.05) is 38.2 Å². The van der Waals surface area contributed by atoms with Crippen LogP contribution in [0.1, 0.15) is 24.1 Å². The number of anilines is 1. The zero-order valence-electron chi connectivity index (χ0n) is 15.8. The Morgan fingerprint density at radius 1 is 1.04 bits per heavy atom. The highest BCUT2D eigenvalue weighted by Gasteiger charge is 2.23. The van der Waals surface area contributed by atoms with Crippen molar-refractivity contribution in [1.82, 2.24) is 4.90 Å². The molecule has 0 aliphatic carbocycles. The lowest BCUT2D eigenvalue weighted by atomic mass is 10.0. The normalized spacial score (nSPS) is 17.0. The highest BCUT2D eigenvalue weighted by atomic mass is 31.2. The van der Waals surface area contributed by atoms with Gasteiger partial charge in [0.2, 0.25) is 0 Å². The molecule has 0 spiro atoms. The third-order valence-electron chi connectivity index (χ3n) is 5.14. The van der Waals surface area contributed by atoms with Gasteiger partial charge in [-0.15, -0.1) is 0 Å². The van der Waals surface area contributed by atoms with Crippen LogP contribution in [0.5, 0.6) is 5.75 Å². The first-order valence-electron chi connectivity index (χ1n) is 9.13. The third kappa shape index (κ3) is 5.11. The first-order valence-corrected chi connectivity index (χ1v) is 10.9. The molecule has 6 nitrogen and oxygen atoms in total. The molecular formula is C20H27N2O4P. The number of para-hydroxylation sites is 2. The molecule has 0 bridgehead atoms. The molecule has 0 radical (unpaired) electrons. The van der Waals surface area contributed by atoms with Gasteiger partial charge in [-0.2, -0.15) is 0 Å². The Morgan fingerprint density at radius 3 is 2.26 bits per heavy atom. The topological polar surface area (TPSA) is 73.2 Å². The van der Waals surface area contributed by atoms with Gasteiger partial charge < -0.3 is 19.4 Å². The Kier molecular flexibility index (Phi) is 6.22. The van der Waals surface area contributed by atoms with Crippen LogP contribution in [0.3, 0.4) is 0 Å². The van der Waals surface area contributed by atoms with Crippen molar-refractivity contribution < 1.29 is 19.1 Å². The third-order valence-corrected chi connectivity index (χ3v) is 5.92. The monoisotopic (exact) mass is 390 g/mol. The predicted octanol–water partition coefficient (Wildman–Crippen LogP) is 3.26. The van der Waals surface area contributed by atoms with E-state index in [1.165, 1.54) is 0 Å². The molecule has 2 aromatic rings. The summed E-state index contributed by atoms with van der Waals surface area (Å²) in [6, 6.07) is 15.9. The summed E-state index contributed by atoms with van der Waals surface area (Å²) in [5, 5.41) is 0. The van der Waals surface area contributed by atoms with E-state index in [9.17, 15) is 4.57 Å². The van der Waals surface area contributed by atoms with Gasteiger partial charge in [0.05, 0.1) is 19.0 Å². The number of methoxy groups -OCH3 is 1. The lowest BCUT2D eigenvalue weighted by Gasteiger charge is -2.39. The zero-order chi connectivity index (χ0) is 19.4. The molecule has 1 unspecified atom stereocenters. The molecular weight excluding hydrogens is 363 g/mol. The van der Waals surface area contributed by atoms with Gasteiger partial charge >= 0.3 is 7.60 Å². The average molecular weight is 390 g/mol. The van der Waals surface area contributed by atoms with Crippen molar-refractivity contribution in [3.05, 3.63) is 59.7 Å². The van der Waals surface area contributed by atoms with E-state index in [2.05, 4.69) is 22.8 Å². The molecule has 1 atom stereocenters. The van der Waals surface area contributed by atoms with Gasteiger partial charge in [-0.3, -0.25) is 9.46 Å². The maximum absolute atomic E-state index is 11.1. The number of rotatable bonds is 6. The molecule has 2 aromatic carbocycles. The van der Waals surface area contributed by atoms with E-state index in [-0.39, 0.29) is 12.2 Å². The molecule has 2 N–H and O–H groups in total. The molecule has 0 amide bonds. The molecule has 1 aliphatic rings. The van der Waals surface area contributed by atoms with Crippen molar-refractivity contribution in [2.24, 2.45) is 0 Å². The van der Waals surface area contributed by atoms with Gasteiger partial charge in [0.25, 0.3) is 0 Å². The number of hydrogen-bond donors (Lipinski definition) is 2. The quantitative estimate of drug-likeness (QED) is 0.738. The molecule has 1 saturated heterocycles. The van der Waals surface area contributed by atoms with Gasteiger partial charge in [0.1, 0.15) is 5.75 Å². The van der Waals surface area contributed by atoms with E-state index in [1.54, 1.807) is 7.11 Å². The lowest BCUT2D eigenvalue weighted by Crippen LogP contribution is -2.47. The summed E-state index contributed by atoms with van der Waals surface area (Å²) in [6.45, 7) is 5.94. The van der Waals surface area contributed by atoms with Crippen molar-refractivity contribution in [3.63, 3.8) is 0 Å². The van der Waals surface area contributed by atoms with E-state index >= 15 is 0 Å². The van der Waals surface area contributed by atoms with Crippen molar-refractivity contribution in [1.29, 1.82) is 0 Å². The minimum Gasteiger partial charge on any atom is -0.495 e. The van der Waals surface area contributed by atoms with Crippen LogP contribution in [0.4, 0.5) is 5.69 Å². The van der Waals surface area contributed by atoms with Crippen LogP contribution in [0, 0.1) is 0 Å². The largest absolute Gasteiger partial charge is 0.495 e. The van der Waals surface area contributed by atoms with Crippen molar-refractivity contribution in [2.45, 2.75) is 19.1 Å². The van der Waals surface area contributed by atoms with Gasteiger partial charge in [-0.05, 0) is 30.2 Å². The smallest absolute Gasteiger partial charge is 0.329 e. The van der Waals surface area contributed by atoms with Crippen LogP contribution in [-0.4, -0.2) is 48.0 Å². The zero-order valence-corrected chi connectivity index (χ0v) is 16.7. The van der Waals surface area contributed by atoms with E-state index in [0.29, 0.717) is 5.56 Å². The van der Waals surface area contributed by atoms with Crippen LogP contribution >= 0.6 is 7.60 Å². The SMILES string of the molecule is COc1ccccc1N1CCN(C(C)c2ccc(CP(=O)(O)O)cc2)CC1. The maximum Gasteiger partial charge on any atom is 0.329 e. The summed E-state index contributed by atoms with van der Waals surface area (Å²) in [5.41, 5.74) is 2.96. The van der Waals surface area contributed by atoms with Crippen molar-refractivity contribution >= 4 is 13.3 Å². The minimum absolute atomic E-state index is 0.209. The predicted molar refractivity (Wildman–Crippen MR) is 107 cm³/mol. The van der Waals surface area contributed by atoms with Crippen LogP contribution in [-0.2, 0) is 10.7 Å². The number of benzene rings is 2. The van der Waals surface area contributed by atoms with Crippen LogP contribution in [0.25, 0.3) is 0 Å². The highest BCUT2D eigenvalue weighted by Crippen LogP contribution is 2.39. The van der Waals surface area contributed by atoms with Gasteiger partial charge in [-0.1, -0.05) is 36.4 Å². The second-order valence-electron chi connectivity index (χ2n) is 6.94. The lowest BCUT2D eigenvalue weighted by molar-refractivity contribution is 0.198. The van der Waals surface area contributed by atoms with Gasteiger partial charge in [-0.25, -0.2) is 0 Å². The molecule has 27 heavy (non-hydrogen) atoms. The Hall–Kier alpha value is -1.85. The highest BCUT2D eigenvalue weighted by molar-refractivity contribution is 7.50. The molecule has 1 heterocycles. The second kappa shape index (κ2) is 8.44. The van der Waals surface area contributed by atoms with Crippen LogP contribution in [0.15, 0.2) is 48.5 Å². The standard InChI is InChI=1S/C20H27N2O4P/c1-16(18-9-7-17(8-10-18)15-27(23,24)25)21-11-13-22(14-12-21)19-5-3-4-6-20(19)26-2/h3-10,16H,11-15H2,1-2H3,(H2,23,24,25). The van der Waals surface area contributed by atoms with E-state index < -0.39 is 7.60 Å². The number of piperazine rings is 1. The van der Waals surface area contributed by atoms with Crippen LogP contribution < -0.4 is 9.64 Å². The van der Waals surface area contributed by atoms with E-state index in [0.717, 1.165) is 43.2 Å². The Morgan fingerprint density at radius 2 is 1.67 bits per heavy atom. The minimum atomic E-state index is -4.02. The molecule has 0 aromatic heterocycles. The fourth-order valence-electron chi connectivity index (χ4n) is 3.59. The van der Waals surface area contributed by atoms with Gasteiger partial charge in [0.15, 0.2) is 0 Å². The number of hydrogen-bond acceptors (Lipinski definition) is 4. The average Bonchev–Trinajstić information content (AvgIpc) is 2.67. The van der Waals surface area contributed by atoms with E-state index in [4.69, 9.17) is 14.5 Å². The van der Waals surface area contributed by atoms with E-state index in [1.807, 2.05) is 42.5 Å². The summed E-state index contributed by atoms with van der Waals surface area (Å²) >= 11 is 0. The fraction of sp³-hybridized carbons (Fsp3) is 0.400. The van der Waals surface area contributed by atoms with Gasteiger partial charge in [0, 0.05) is 32.2 Å². The molecule has 0 saturated carbocycles. The van der Waals surface area contributed by atoms with Crippen LogP contribution in [0.2, 0.25) is 0 Å². The summed E-state index contributed by atoms with van der Waals surface area (Å²) in [6.07, 6.45) is -0.209. The summed E-state index contributed by atoms with van der Waals surface area (Å²) in [5.74, 6) is 0.902. The molecule has 146 valence electrons.